The topological polar surface area (TPSA) is 75.5 Å². The number of likely N-dealkylation sites (tertiary alicyclic amines) is 1. The van der Waals surface area contributed by atoms with Crippen LogP contribution >= 0.6 is 0 Å². The number of piperidine rings is 1. The second-order valence-electron chi connectivity index (χ2n) is 5.67. The average molecular weight is 309 g/mol. The molecule has 1 heterocycles. The van der Waals surface area contributed by atoms with Gasteiger partial charge in [0.2, 0.25) is 0 Å². The highest BCUT2D eigenvalue weighted by molar-refractivity contribution is 5.98. The summed E-state index contributed by atoms with van der Waals surface area (Å²) in [6, 6.07) is 2.04. The fourth-order valence-electron chi connectivity index (χ4n) is 2.94. The molecule has 22 heavy (non-hydrogen) atoms. The number of rotatable bonds is 4. The minimum atomic E-state index is -0.628. The highest BCUT2D eigenvalue weighted by Crippen LogP contribution is 2.27. The van der Waals surface area contributed by atoms with Crippen LogP contribution in [0.2, 0.25) is 0 Å². The summed E-state index contributed by atoms with van der Waals surface area (Å²) in [5.41, 5.74) is -0.295. The number of carbonyl (C=O) groups excluding carboxylic acids is 1. The Bertz CT molecular complexity index is 584. The van der Waals surface area contributed by atoms with Crippen molar-refractivity contribution in [1.29, 1.82) is 0 Å². The third kappa shape index (κ3) is 3.41. The molecular weight excluding hydrogens is 289 g/mol. The lowest BCUT2D eigenvalue weighted by molar-refractivity contribution is -0.385. The molecule has 1 aliphatic heterocycles. The molecule has 2 rings (SSSR count). The zero-order valence-electron chi connectivity index (χ0n) is 12.8. The van der Waals surface area contributed by atoms with E-state index in [2.05, 4.69) is 5.32 Å². The van der Waals surface area contributed by atoms with E-state index in [1.807, 2.05) is 7.05 Å². The summed E-state index contributed by atoms with van der Waals surface area (Å²) in [6.45, 7) is 3.41. The fourth-order valence-corrected chi connectivity index (χ4v) is 2.94. The van der Waals surface area contributed by atoms with Crippen LogP contribution in [0.25, 0.3) is 0 Å². The van der Waals surface area contributed by atoms with Crippen molar-refractivity contribution in [2.75, 3.05) is 26.7 Å². The monoisotopic (exact) mass is 309 g/mol. The molecule has 6 nitrogen and oxygen atoms in total. The van der Waals surface area contributed by atoms with E-state index in [9.17, 15) is 19.3 Å². The van der Waals surface area contributed by atoms with Gasteiger partial charge in [-0.3, -0.25) is 14.9 Å². The number of halogens is 1. The van der Waals surface area contributed by atoms with Crippen molar-refractivity contribution in [2.24, 2.45) is 5.92 Å². The van der Waals surface area contributed by atoms with E-state index in [1.165, 1.54) is 6.92 Å². The Kier molecular flexibility index (Phi) is 5.07. The summed E-state index contributed by atoms with van der Waals surface area (Å²) in [5, 5.41) is 14.3. The molecule has 0 unspecified atom stereocenters. The predicted octanol–water partition coefficient (Wildman–Crippen LogP) is 2.11. The molecule has 0 saturated carbocycles. The van der Waals surface area contributed by atoms with Gasteiger partial charge in [-0.25, -0.2) is 4.39 Å². The van der Waals surface area contributed by atoms with Crippen LogP contribution in [-0.2, 0) is 0 Å². The molecule has 1 N–H and O–H groups in total. The molecule has 0 aliphatic carbocycles. The largest absolute Gasteiger partial charge is 0.338 e. The summed E-state index contributed by atoms with van der Waals surface area (Å²) >= 11 is 0. The van der Waals surface area contributed by atoms with E-state index in [0.29, 0.717) is 19.0 Å². The van der Waals surface area contributed by atoms with Crippen molar-refractivity contribution in [1.82, 2.24) is 10.2 Å². The lowest BCUT2D eigenvalue weighted by Crippen LogP contribution is -2.40. The van der Waals surface area contributed by atoms with Gasteiger partial charge in [0.05, 0.1) is 4.92 Å². The van der Waals surface area contributed by atoms with Crippen LogP contribution in [0.3, 0.4) is 0 Å². The van der Waals surface area contributed by atoms with Crippen molar-refractivity contribution in [3.63, 3.8) is 0 Å². The molecule has 1 amide bonds. The first-order valence-electron chi connectivity index (χ1n) is 7.32. The molecule has 0 aromatic heterocycles. The Morgan fingerprint density at radius 2 is 2.09 bits per heavy atom. The zero-order chi connectivity index (χ0) is 16.3. The van der Waals surface area contributed by atoms with Crippen molar-refractivity contribution >= 4 is 11.6 Å². The van der Waals surface area contributed by atoms with Crippen molar-refractivity contribution in [2.45, 2.75) is 19.8 Å². The van der Waals surface area contributed by atoms with Crippen molar-refractivity contribution in [3.05, 3.63) is 39.2 Å². The second kappa shape index (κ2) is 6.83. The highest BCUT2D eigenvalue weighted by atomic mass is 19.1. The maximum absolute atomic E-state index is 13.6. The van der Waals surface area contributed by atoms with Crippen LogP contribution in [0.1, 0.15) is 28.8 Å². The van der Waals surface area contributed by atoms with Crippen molar-refractivity contribution < 1.29 is 14.1 Å². The van der Waals surface area contributed by atoms with Gasteiger partial charge < -0.3 is 10.2 Å². The summed E-state index contributed by atoms with van der Waals surface area (Å²) in [4.78, 5) is 24.7. The van der Waals surface area contributed by atoms with Gasteiger partial charge in [-0.1, -0.05) is 0 Å². The molecule has 1 aliphatic rings. The van der Waals surface area contributed by atoms with E-state index >= 15 is 0 Å². The van der Waals surface area contributed by atoms with Gasteiger partial charge in [0, 0.05) is 18.7 Å². The van der Waals surface area contributed by atoms with Crippen LogP contribution in [0.4, 0.5) is 10.1 Å². The van der Waals surface area contributed by atoms with E-state index < -0.39 is 16.6 Å². The zero-order valence-corrected chi connectivity index (χ0v) is 12.8. The van der Waals surface area contributed by atoms with Gasteiger partial charge in [0.25, 0.3) is 11.6 Å². The molecular formula is C15H20FN3O3. The Hall–Kier alpha value is -2.02. The summed E-state index contributed by atoms with van der Waals surface area (Å²) in [6.07, 6.45) is 1.68. The number of benzene rings is 1. The normalized spacial score (nSPS) is 15.9. The Morgan fingerprint density at radius 1 is 1.45 bits per heavy atom. The predicted molar refractivity (Wildman–Crippen MR) is 80.3 cm³/mol. The molecule has 0 bridgehead atoms. The van der Waals surface area contributed by atoms with E-state index in [1.54, 1.807) is 4.90 Å². The number of hydrogen-bond acceptors (Lipinski definition) is 4. The third-order valence-electron chi connectivity index (χ3n) is 4.07. The molecule has 1 aromatic rings. The maximum atomic E-state index is 13.6. The summed E-state index contributed by atoms with van der Waals surface area (Å²) in [5.74, 6) is -0.591. The first-order chi connectivity index (χ1) is 10.4. The smallest absolute Gasteiger partial charge is 0.285 e. The first kappa shape index (κ1) is 16.4. The van der Waals surface area contributed by atoms with E-state index in [0.717, 1.165) is 31.5 Å². The molecule has 0 radical (unpaired) electrons. The van der Waals surface area contributed by atoms with E-state index in [4.69, 9.17) is 0 Å². The minimum absolute atomic E-state index is 0.158. The number of nitro benzene ring substituents is 1. The molecule has 1 fully saturated rings. The van der Waals surface area contributed by atoms with Gasteiger partial charge in [-0.2, -0.15) is 0 Å². The lowest BCUT2D eigenvalue weighted by atomic mass is 9.96. The lowest BCUT2D eigenvalue weighted by Gasteiger charge is -2.32. The quantitative estimate of drug-likeness (QED) is 0.683. The number of carbonyl (C=O) groups is 1. The standard InChI is InChI=1S/C15H20FN3O3/c1-10-7-12(16)8-13(14(10)19(21)22)15(20)18-5-3-11(4-6-18)9-17-2/h7-8,11,17H,3-6,9H2,1-2H3. The van der Waals surface area contributed by atoms with Crippen LogP contribution in [-0.4, -0.2) is 42.4 Å². The molecule has 1 saturated heterocycles. The number of hydrogen-bond donors (Lipinski definition) is 1. The van der Waals surface area contributed by atoms with Gasteiger partial charge in [-0.05, 0) is 51.4 Å². The Labute approximate surface area is 128 Å². The highest BCUT2D eigenvalue weighted by Gasteiger charge is 2.30. The molecule has 7 heteroatoms. The second-order valence-corrected chi connectivity index (χ2v) is 5.67. The van der Waals surface area contributed by atoms with Crippen LogP contribution in [0, 0.1) is 28.8 Å². The van der Waals surface area contributed by atoms with Gasteiger partial charge in [-0.15, -0.1) is 0 Å². The summed E-state index contributed by atoms with van der Waals surface area (Å²) in [7, 11) is 1.89. The Morgan fingerprint density at radius 3 is 2.64 bits per heavy atom. The van der Waals surface area contributed by atoms with Gasteiger partial charge in [0.15, 0.2) is 0 Å². The average Bonchev–Trinajstić information content (AvgIpc) is 2.46. The van der Waals surface area contributed by atoms with Crippen LogP contribution in [0.5, 0.6) is 0 Å². The molecule has 1 aromatic carbocycles. The fraction of sp³-hybridized carbons (Fsp3) is 0.533. The number of amides is 1. The Balaban J connectivity index is 2.22. The summed E-state index contributed by atoms with van der Waals surface area (Å²) < 4.78 is 13.6. The number of nitrogens with one attached hydrogen (secondary N) is 1. The van der Waals surface area contributed by atoms with Crippen LogP contribution < -0.4 is 5.32 Å². The third-order valence-corrected chi connectivity index (χ3v) is 4.07. The number of nitro groups is 1. The van der Waals surface area contributed by atoms with Crippen LogP contribution in [0.15, 0.2) is 12.1 Å². The molecule has 120 valence electrons. The van der Waals surface area contributed by atoms with E-state index in [-0.39, 0.29) is 16.8 Å². The number of aryl methyl sites for hydroxylation is 1. The molecule has 0 atom stereocenters. The maximum Gasteiger partial charge on any atom is 0.285 e. The molecule has 0 spiro atoms. The van der Waals surface area contributed by atoms with Gasteiger partial charge >= 0.3 is 0 Å². The number of nitrogens with zero attached hydrogens (tertiary/aromatic N) is 2. The first-order valence-corrected chi connectivity index (χ1v) is 7.32. The van der Waals surface area contributed by atoms with Crippen molar-refractivity contribution in [3.8, 4) is 0 Å². The minimum Gasteiger partial charge on any atom is -0.338 e. The van der Waals surface area contributed by atoms with Gasteiger partial charge in [0.1, 0.15) is 11.4 Å². The SMILES string of the molecule is CNCC1CCN(C(=O)c2cc(F)cc(C)c2[N+](=O)[O-])CC1.